The van der Waals surface area contributed by atoms with Gasteiger partial charge in [-0.15, -0.1) is 0 Å². The smallest absolute Gasteiger partial charge is 0.350 e. The van der Waals surface area contributed by atoms with E-state index in [1.165, 1.54) is 5.56 Å². The van der Waals surface area contributed by atoms with Crippen molar-refractivity contribution in [2.75, 3.05) is 0 Å². The zero-order valence-corrected chi connectivity index (χ0v) is 15.4. The number of benzene rings is 2. The molecule has 1 atom stereocenters. The predicted octanol–water partition coefficient (Wildman–Crippen LogP) is 4.50. The summed E-state index contributed by atoms with van der Waals surface area (Å²) < 4.78 is 40.6. The normalized spacial score (nSPS) is 19.1. The summed E-state index contributed by atoms with van der Waals surface area (Å²) in [5.74, 6) is -3.25. The maximum absolute atomic E-state index is 12.8. The van der Waals surface area contributed by atoms with Crippen LogP contribution >= 0.6 is 0 Å². The molecule has 2 aromatic carbocycles. The molecule has 2 heterocycles. The Morgan fingerprint density at radius 2 is 1.69 bits per heavy atom. The summed E-state index contributed by atoms with van der Waals surface area (Å²) in [7, 11) is 0. The second-order valence-corrected chi connectivity index (χ2v) is 7.14. The van der Waals surface area contributed by atoms with Crippen molar-refractivity contribution >= 4 is 5.71 Å². The van der Waals surface area contributed by atoms with Gasteiger partial charge >= 0.3 is 12.0 Å². The van der Waals surface area contributed by atoms with Crippen molar-refractivity contribution in [3.05, 3.63) is 95.3 Å². The lowest BCUT2D eigenvalue weighted by Gasteiger charge is -2.22. The fourth-order valence-electron chi connectivity index (χ4n) is 3.27. The number of alkyl halides is 3. The zero-order chi connectivity index (χ0) is 20.5. The topological polar surface area (TPSA) is 46.8 Å². The lowest BCUT2D eigenvalue weighted by atomic mass is 10.00. The first-order valence-corrected chi connectivity index (χ1v) is 9.14. The quantitative estimate of drug-likeness (QED) is 0.685. The Kier molecular flexibility index (Phi) is 4.92. The number of nitrogens with zero attached hydrogens (tertiary/aromatic N) is 2. The fourth-order valence-corrected chi connectivity index (χ4v) is 3.27. The van der Waals surface area contributed by atoms with Gasteiger partial charge in [-0.05, 0) is 34.7 Å². The third-order valence-corrected chi connectivity index (χ3v) is 4.87. The highest BCUT2D eigenvalue weighted by molar-refractivity contribution is 6.01. The average molecular weight is 400 g/mol. The van der Waals surface area contributed by atoms with Crippen molar-refractivity contribution in [1.82, 2.24) is 4.57 Å². The molecule has 0 fully saturated rings. The van der Waals surface area contributed by atoms with Gasteiger partial charge < -0.3 is 14.5 Å². The molecule has 0 saturated carbocycles. The molecule has 1 N–H and O–H groups in total. The predicted molar refractivity (Wildman–Crippen MR) is 102 cm³/mol. The van der Waals surface area contributed by atoms with E-state index in [4.69, 9.17) is 0 Å². The van der Waals surface area contributed by atoms with Gasteiger partial charge in [0.05, 0.1) is 12.1 Å². The van der Waals surface area contributed by atoms with Gasteiger partial charge in [0.15, 0.2) is 0 Å². The van der Waals surface area contributed by atoms with Crippen molar-refractivity contribution in [2.24, 2.45) is 5.16 Å². The Hall–Kier alpha value is -3.06. The molecule has 29 heavy (non-hydrogen) atoms. The van der Waals surface area contributed by atoms with Crippen LogP contribution in [-0.4, -0.2) is 27.3 Å². The molecule has 4 nitrogen and oxygen atoms in total. The Bertz CT molecular complexity index is 1010. The monoisotopic (exact) mass is 400 g/mol. The van der Waals surface area contributed by atoms with Gasteiger partial charge in [0.2, 0.25) is 0 Å². The molecule has 0 spiro atoms. The Labute approximate surface area is 165 Å². The molecule has 7 heteroatoms. The van der Waals surface area contributed by atoms with Gasteiger partial charge in [-0.2, -0.15) is 13.2 Å². The summed E-state index contributed by atoms with van der Waals surface area (Å²) >= 11 is 0. The molecule has 1 aromatic heterocycles. The van der Waals surface area contributed by atoms with E-state index in [1.54, 1.807) is 12.1 Å². The molecule has 4 rings (SSSR count). The maximum atomic E-state index is 12.8. The van der Waals surface area contributed by atoms with Crippen LogP contribution in [0.5, 0.6) is 0 Å². The first-order chi connectivity index (χ1) is 13.8. The van der Waals surface area contributed by atoms with Crippen molar-refractivity contribution in [1.29, 1.82) is 0 Å². The van der Waals surface area contributed by atoms with E-state index >= 15 is 0 Å². The third-order valence-electron chi connectivity index (χ3n) is 4.87. The minimum atomic E-state index is -4.90. The van der Waals surface area contributed by atoms with Crippen LogP contribution in [0, 0.1) is 0 Å². The molecule has 0 saturated heterocycles. The molecular weight excluding hydrogens is 381 g/mol. The molecular formula is C22H19F3N2O2. The van der Waals surface area contributed by atoms with E-state index in [1.807, 2.05) is 36.5 Å². The van der Waals surface area contributed by atoms with Crippen molar-refractivity contribution in [3.63, 3.8) is 0 Å². The first-order valence-electron chi connectivity index (χ1n) is 9.14. The number of aromatic nitrogens is 1. The van der Waals surface area contributed by atoms with E-state index in [0.717, 1.165) is 17.7 Å². The van der Waals surface area contributed by atoms with Crippen molar-refractivity contribution < 1.29 is 23.1 Å². The minimum absolute atomic E-state index is 0.0744. The molecule has 1 aliphatic rings. The number of hydrogen-bond donors (Lipinski definition) is 1. The Balaban J connectivity index is 1.39. The van der Waals surface area contributed by atoms with E-state index in [0.29, 0.717) is 12.0 Å². The van der Waals surface area contributed by atoms with Gasteiger partial charge in [-0.25, -0.2) is 0 Å². The molecule has 0 amide bonds. The van der Waals surface area contributed by atoms with Gasteiger partial charge in [-0.1, -0.05) is 59.8 Å². The fraction of sp³-hybridized carbons (Fsp3) is 0.227. The van der Waals surface area contributed by atoms with E-state index in [9.17, 15) is 18.3 Å². The molecule has 0 bridgehead atoms. The Morgan fingerprint density at radius 3 is 2.34 bits per heavy atom. The summed E-state index contributed by atoms with van der Waals surface area (Å²) in [4.78, 5) is 4.27. The van der Waals surface area contributed by atoms with Crippen LogP contribution in [-0.2, 0) is 17.8 Å². The highest BCUT2D eigenvalue weighted by Gasteiger charge is 2.60. The second-order valence-electron chi connectivity index (χ2n) is 7.14. The summed E-state index contributed by atoms with van der Waals surface area (Å²) in [5, 5.41) is 13.0. The van der Waals surface area contributed by atoms with Crippen molar-refractivity contribution in [3.8, 4) is 0 Å². The minimum Gasteiger partial charge on any atom is -0.350 e. The number of halogens is 3. The molecule has 3 aromatic rings. The molecule has 0 aliphatic carbocycles. The van der Waals surface area contributed by atoms with Crippen LogP contribution in [0.15, 0.2) is 78.2 Å². The van der Waals surface area contributed by atoms with Gasteiger partial charge in [0.25, 0.3) is 0 Å². The molecule has 0 radical (unpaired) electrons. The van der Waals surface area contributed by atoms with Gasteiger partial charge in [-0.3, -0.25) is 0 Å². The number of aliphatic hydroxyl groups is 1. The summed E-state index contributed by atoms with van der Waals surface area (Å²) in [6.07, 6.45) is -0.806. The largest absolute Gasteiger partial charge is 0.458 e. The second kappa shape index (κ2) is 7.40. The Morgan fingerprint density at radius 1 is 0.966 bits per heavy atom. The average Bonchev–Trinajstić information content (AvgIpc) is 3.30. The third kappa shape index (κ3) is 4.19. The van der Waals surface area contributed by atoms with E-state index in [-0.39, 0.29) is 5.71 Å². The number of rotatable bonds is 5. The molecule has 1 unspecified atom stereocenters. The summed E-state index contributed by atoms with van der Waals surface area (Å²) in [6, 6.07) is 19.3. The van der Waals surface area contributed by atoms with Gasteiger partial charge in [0.1, 0.15) is 0 Å². The van der Waals surface area contributed by atoms with Gasteiger partial charge in [0, 0.05) is 18.9 Å². The lowest BCUT2D eigenvalue weighted by molar-refractivity contribution is -0.355. The van der Waals surface area contributed by atoms with Crippen LogP contribution in [0.25, 0.3) is 0 Å². The number of hydrogen-bond acceptors (Lipinski definition) is 3. The van der Waals surface area contributed by atoms with E-state index in [2.05, 4.69) is 39.0 Å². The summed E-state index contributed by atoms with van der Waals surface area (Å²) in [6.45, 7) is 0.793. The van der Waals surface area contributed by atoms with Crippen molar-refractivity contribution in [2.45, 2.75) is 31.3 Å². The van der Waals surface area contributed by atoms with Crippen LogP contribution in [0.1, 0.15) is 28.7 Å². The standard InChI is InChI=1S/C22H19F3N2O2/c23-22(24,25)21(28)13-20(26-29-21)19-8-6-16(7-9-19)12-18-10-11-27(15-18)14-17-4-2-1-3-5-17/h1-11,15,28H,12-14H2. The van der Waals surface area contributed by atoms with Crippen LogP contribution in [0.4, 0.5) is 13.2 Å². The highest BCUT2D eigenvalue weighted by atomic mass is 19.4. The van der Waals surface area contributed by atoms with Crippen LogP contribution in [0.2, 0.25) is 0 Å². The van der Waals surface area contributed by atoms with Crippen LogP contribution in [0.3, 0.4) is 0 Å². The molecule has 150 valence electrons. The number of oxime groups is 1. The first kappa shape index (κ1) is 19.3. The lowest BCUT2D eigenvalue weighted by Crippen LogP contribution is -2.45. The highest BCUT2D eigenvalue weighted by Crippen LogP contribution is 2.38. The maximum Gasteiger partial charge on any atom is 0.458 e. The summed E-state index contributed by atoms with van der Waals surface area (Å²) in [5.41, 5.74) is 3.96. The molecule has 1 aliphatic heterocycles. The zero-order valence-electron chi connectivity index (χ0n) is 15.4. The van der Waals surface area contributed by atoms with Crippen LogP contribution < -0.4 is 0 Å². The van der Waals surface area contributed by atoms with E-state index < -0.39 is 18.4 Å². The SMILES string of the molecule is OC1(C(F)(F)F)CC(c2ccc(Cc3ccn(Cc4ccccc4)c3)cc2)=NO1.